The van der Waals surface area contributed by atoms with Gasteiger partial charge in [0, 0.05) is 19.1 Å². The molecular formula is C7H16N2O2S. The summed E-state index contributed by atoms with van der Waals surface area (Å²) < 4.78 is 24.2. The molecule has 1 aliphatic rings. The minimum absolute atomic E-state index is 0.00586. The lowest BCUT2D eigenvalue weighted by Crippen LogP contribution is -2.33. The highest BCUT2D eigenvalue weighted by atomic mass is 32.2. The Morgan fingerprint density at radius 3 is 2.42 bits per heavy atom. The smallest absolute Gasteiger partial charge is 0.213 e. The Kier molecular flexibility index (Phi) is 2.75. The van der Waals surface area contributed by atoms with Gasteiger partial charge in [0.2, 0.25) is 10.0 Å². The van der Waals surface area contributed by atoms with Crippen LogP contribution >= 0.6 is 0 Å². The lowest BCUT2D eigenvalue weighted by molar-refractivity contribution is 0.465. The minimum Gasteiger partial charge on any atom is -0.326 e. The average molecular weight is 192 g/mol. The quantitative estimate of drug-likeness (QED) is 0.648. The van der Waals surface area contributed by atoms with Crippen molar-refractivity contribution in [2.24, 2.45) is 11.7 Å². The van der Waals surface area contributed by atoms with Crippen molar-refractivity contribution in [3.8, 4) is 0 Å². The van der Waals surface area contributed by atoms with E-state index in [9.17, 15) is 8.42 Å². The van der Waals surface area contributed by atoms with E-state index in [1.807, 2.05) is 6.92 Å². The summed E-state index contributed by atoms with van der Waals surface area (Å²) in [5.74, 6) is 0.457. The van der Waals surface area contributed by atoms with Crippen molar-refractivity contribution in [3.63, 3.8) is 0 Å². The highest BCUT2D eigenvalue weighted by Crippen LogP contribution is 2.17. The highest BCUT2D eigenvalue weighted by molar-refractivity contribution is 7.89. The summed E-state index contributed by atoms with van der Waals surface area (Å²) in [4.78, 5) is 0. The molecule has 1 saturated heterocycles. The van der Waals surface area contributed by atoms with Crippen LogP contribution in [-0.4, -0.2) is 37.6 Å². The molecule has 2 unspecified atom stereocenters. The van der Waals surface area contributed by atoms with E-state index in [1.165, 1.54) is 4.31 Å². The number of hydrogen-bond donors (Lipinski definition) is 1. The Hall–Kier alpha value is -0.130. The van der Waals surface area contributed by atoms with Gasteiger partial charge in [0.1, 0.15) is 0 Å². The Labute approximate surface area is 73.8 Å². The third-order valence-electron chi connectivity index (χ3n) is 2.40. The Balaban J connectivity index is 2.70. The average Bonchev–Trinajstić information content (AvgIpc) is 2.33. The van der Waals surface area contributed by atoms with Crippen LogP contribution in [0, 0.1) is 5.92 Å². The molecule has 0 aromatic heterocycles. The van der Waals surface area contributed by atoms with Gasteiger partial charge in [-0.3, -0.25) is 0 Å². The molecular weight excluding hydrogens is 176 g/mol. The van der Waals surface area contributed by atoms with Crippen molar-refractivity contribution in [3.05, 3.63) is 0 Å². The third kappa shape index (κ3) is 1.78. The molecule has 1 heterocycles. The van der Waals surface area contributed by atoms with Crippen molar-refractivity contribution < 1.29 is 8.42 Å². The Morgan fingerprint density at radius 2 is 2.08 bits per heavy atom. The second kappa shape index (κ2) is 3.32. The van der Waals surface area contributed by atoms with Gasteiger partial charge in [-0.2, -0.15) is 0 Å². The number of rotatable bonds is 2. The molecule has 5 heteroatoms. The van der Waals surface area contributed by atoms with E-state index in [0.29, 0.717) is 13.1 Å². The van der Waals surface area contributed by atoms with Gasteiger partial charge >= 0.3 is 0 Å². The van der Waals surface area contributed by atoms with Crippen LogP contribution in [0.1, 0.15) is 13.8 Å². The summed E-state index contributed by atoms with van der Waals surface area (Å²) in [7, 11) is -3.01. The maximum absolute atomic E-state index is 11.4. The van der Waals surface area contributed by atoms with E-state index in [2.05, 4.69) is 0 Å². The van der Waals surface area contributed by atoms with Crippen LogP contribution in [0.2, 0.25) is 0 Å². The van der Waals surface area contributed by atoms with Crippen LogP contribution in [0.4, 0.5) is 0 Å². The van der Waals surface area contributed by atoms with E-state index in [1.54, 1.807) is 6.92 Å². The largest absolute Gasteiger partial charge is 0.326 e. The molecule has 0 amide bonds. The van der Waals surface area contributed by atoms with Crippen LogP contribution in [-0.2, 0) is 10.0 Å². The molecule has 0 aromatic carbocycles. The summed E-state index contributed by atoms with van der Waals surface area (Å²) >= 11 is 0. The molecule has 0 saturated carbocycles. The lowest BCUT2D eigenvalue weighted by Gasteiger charge is -2.13. The van der Waals surface area contributed by atoms with Gasteiger partial charge < -0.3 is 5.73 Å². The van der Waals surface area contributed by atoms with Crippen LogP contribution in [0.25, 0.3) is 0 Å². The SMILES string of the molecule is CCS(=O)(=O)N1CC(C)C(N)C1. The van der Waals surface area contributed by atoms with Crippen molar-refractivity contribution >= 4 is 10.0 Å². The molecule has 2 atom stereocenters. The molecule has 0 spiro atoms. The fraction of sp³-hybridized carbons (Fsp3) is 1.00. The first-order valence-electron chi connectivity index (χ1n) is 4.20. The molecule has 12 heavy (non-hydrogen) atoms. The molecule has 2 N–H and O–H groups in total. The van der Waals surface area contributed by atoms with Crippen molar-refractivity contribution in [1.82, 2.24) is 4.31 Å². The van der Waals surface area contributed by atoms with Crippen LogP contribution < -0.4 is 5.73 Å². The fourth-order valence-corrected chi connectivity index (χ4v) is 2.58. The topological polar surface area (TPSA) is 63.4 Å². The van der Waals surface area contributed by atoms with Gasteiger partial charge in [-0.25, -0.2) is 12.7 Å². The van der Waals surface area contributed by atoms with E-state index in [4.69, 9.17) is 5.73 Å². The maximum Gasteiger partial charge on any atom is 0.213 e. The Morgan fingerprint density at radius 1 is 1.50 bits per heavy atom. The maximum atomic E-state index is 11.4. The first-order valence-corrected chi connectivity index (χ1v) is 5.81. The van der Waals surface area contributed by atoms with Crippen LogP contribution in [0.15, 0.2) is 0 Å². The van der Waals surface area contributed by atoms with Gasteiger partial charge in [0.05, 0.1) is 5.75 Å². The summed E-state index contributed by atoms with van der Waals surface area (Å²) in [6, 6.07) is 0.00586. The van der Waals surface area contributed by atoms with Gasteiger partial charge in [-0.15, -0.1) is 0 Å². The fourth-order valence-electron chi connectivity index (χ4n) is 1.36. The molecule has 0 radical (unpaired) electrons. The molecule has 72 valence electrons. The van der Waals surface area contributed by atoms with Crippen molar-refractivity contribution in [2.75, 3.05) is 18.8 Å². The summed E-state index contributed by atoms with van der Waals surface area (Å²) in [6.45, 7) is 4.70. The van der Waals surface area contributed by atoms with Crippen molar-refractivity contribution in [2.45, 2.75) is 19.9 Å². The summed E-state index contributed by atoms with van der Waals surface area (Å²) in [6.07, 6.45) is 0. The van der Waals surface area contributed by atoms with Crippen LogP contribution in [0.5, 0.6) is 0 Å². The van der Waals surface area contributed by atoms with Gasteiger partial charge in [0.25, 0.3) is 0 Å². The second-order valence-corrected chi connectivity index (χ2v) is 5.62. The van der Waals surface area contributed by atoms with Gasteiger partial charge in [0.15, 0.2) is 0 Å². The first kappa shape index (κ1) is 9.95. The Bertz CT molecular complexity index is 240. The van der Waals surface area contributed by atoms with Gasteiger partial charge in [-0.1, -0.05) is 6.92 Å². The normalized spacial score (nSPS) is 32.6. The predicted molar refractivity (Wildman–Crippen MR) is 48.2 cm³/mol. The molecule has 0 aromatic rings. The van der Waals surface area contributed by atoms with E-state index in [-0.39, 0.29) is 17.7 Å². The zero-order chi connectivity index (χ0) is 9.35. The summed E-state index contributed by atoms with van der Waals surface area (Å²) in [5.41, 5.74) is 5.71. The predicted octanol–water partition coefficient (Wildman–Crippen LogP) is -0.385. The van der Waals surface area contributed by atoms with Crippen molar-refractivity contribution in [1.29, 1.82) is 0 Å². The van der Waals surface area contributed by atoms with Gasteiger partial charge in [-0.05, 0) is 12.8 Å². The number of nitrogens with two attached hydrogens (primary N) is 1. The zero-order valence-corrected chi connectivity index (χ0v) is 8.34. The third-order valence-corrected chi connectivity index (χ3v) is 4.21. The monoisotopic (exact) mass is 192 g/mol. The zero-order valence-electron chi connectivity index (χ0n) is 7.53. The van der Waals surface area contributed by atoms with E-state index >= 15 is 0 Å². The number of sulfonamides is 1. The second-order valence-electron chi connectivity index (χ2n) is 3.36. The number of hydrogen-bond acceptors (Lipinski definition) is 3. The lowest BCUT2D eigenvalue weighted by atomic mass is 10.1. The highest BCUT2D eigenvalue weighted by Gasteiger charge is 2.33. The number of nitrogens with zero attached hydrogens (tertiary/aromatic N) is 1. The van der Waals surface area contributed by atoms with Crippen LogP contribution in [0.3, 0.4) is 0 Å². The molecule has 0 bridgehead atoms. The van der Waals surface area contributed by atoms with E-state index in [0.717, 1.165) is 0 Å². The summed E-state index contributed by atoms with van der Waals surface area (Å²) in [5, 5.41) is 0. The molecule has 4 nitrogen and oxygen atoms in total. The molecule has 1 aliphatic heterocycles. The first-order chi connectivity index (χ1) is 5.47. The minimum atomic E-state index is -3.01. The van der Waals surface area contributed by atoms with E-state index < -0.39 is 10.0 Å². The standard InChI is InChI=1S/C7H16N2O2S/c1-3-12(10,11)9-4-6(2)7(8)5-9/h6-7H,3-5,8H2,1-2H3. The molecule has 1 rings (SSSR count). The molecule has 1 fully saturated rings. The molecule has 0 aliphatic carbocycles.